The summed E-state index contributed by atoms with van der Waals surface area (Å²) in [6.07, 6.45) is 5.54. The highest BCUT2D eigenvalue weighted by molar-refractivity contribution is 7.09. The smallest absolute Gasteiger partial charge is 0.0827 e. The van der Waals surface area contributed by atoms with Gasteiger partial charge in [0.2, 0.25) is 0 Å². The molecule has 0 aliphatic rings. The summed E-state index contributed by atoms with van der Waals surface area (Å²) < 4.78 is 2.82. The maximum Gasteiger partial charge on any atom is 0.0827 e. The molecule has 0 saturated heterocycles. The lowest BCUT2D eigenvalue weighted by Gasteiger charge is -2.23. The normalized spacial score (nSPS) is 12.5. The van der Waals surface area contributed by atoms with Gasteiger partial charge >= 0.3 is 0 Å². The van der Waals surface area contributed by atoms with E-state index >= 15 is 0 Å². The lowest BCUT2D eigenvalue weighted by Crippen LogP contribution is -2.37. The number of hydrogen-bond acceptors (Lipinski definition) is 1. The van der Waals surface area contributed by atoms with Crippen LogP contribution < -0.4 is 0 Å². The highest BCUT2D eigenvalue weighted by Gasteiger charge is 2.06. The van der Waals surface area contributed by atoms with E-state index in [9.17, 15) is 0 Å². The fourth-order valence-corrected chi connectivity index (χ4v) is 7.61. The standard InChI is InChI=1S/C10H27NSi2/c1-5-7-9-11(10-8-6-2)12-13(3)4/h13H,5-10,12H2,1-4H3. The molecule has 0 aromatic rings. The molecule has 0 saturated carbocycles. The Hall–Kier alpha value is 0.394. The average molecular weight is 218 g/mol. The molecule has 0 radical (unpaired) electrons. The molecule has 3 heteroatoms. The van der Waals surface area contributed by atoms with Crippen LogP contribution in [-0.2, 0) is 0 Å². The van der Waals surface area contributed by atoms with Crippen LogP contribution >= 0.6 is 0 Å². The van der Waals surface area contributed by atoms with E-state index in [0.717, 1.165) is 0 Å². The highest BCUT2D eigenvalue weighted by atomic mass is 29.2. The van der Waals surface area contributed by atoms with Crippen molar-refractivity contribution in [2.75, 3.05) is 13.1 Å². The van der Waals surface area contributed by atoms with Gasteiger partial charge in [0.15, 0.2) is 0 Å². The van der Waals surface area contributed by atoms with E-state index in [2.05, 4.69) is 31.5 Å². The lowest BCUT2D eigenvalue weighted by atomic mass is 10.3. The number of unbranched alkanes of at least 4 members (excludes halogenated alkanes) is 2. The second kappa shape index (κ2) is 8.97. The summed E-state index contributed by atoms with van der Waals surface area (Å²) >= 11 is 0. The minimum atomic E-state index is -0.249. The van der Waals surface area contributed by atoms with E-state index in [1.807, 2.05) is 0 Å². The predicted molar refractivity (Wildman–Crippen MR) is 68.8 cm³/mol. The van der Waals surface area contributed by atoms with Crippen LogP contribution in [0.2, 0.25) is 13.1 Å². The van der Waals surface area contributed by atoms with E-state index < -0.39 is 0 Å². The minimum Gasteiger partial charge on any atom is -0.332 e. The van der Waals surface area contributed by atoms with Gasteiger partial charge < -0.3 is 4.57 Å². The Labute approximate surface area is 88.2 Å². The third kappa shape index (κ3) is 8.72. The van der Waals surface area contributed by atoms with Gasteiger partial charge in [-0.3, -0.25) is 0 Å². The van der Waals surface area contributed by atoms with Crippen molar-refractivity contribution in [2.45, 2.75) is 52.6 Å². The van der Waals surface area contributed by atoms with Crippen LogP contribution in [0.3, 0.4) is 0 Å². The second-order valence-corrected chi connectivity index (χ2v) is 14.4. The van der Waals surface area contributed by atoms with Crippen molar-refractivity contribution in [2.24, 2.45) is 0 Å². The van der Waals surface area contributed by atoms with Crippen LogP contribution in [0.25, 0.3) is 0 Å². The molecule has 0 aliphatic heterocycles. The molecule has 0 unspecified atom stereocenters. The van der Waals surface area contributed by atoms with Crippen molar-refractivity contribution >= 4 is 17.5 Å². The predicted octanol–water partition coefficient (Wildman–Crippen LogP) is 1.96. The Bertz CT molecular complexity index is 99.1. The summed E-state index contributed by atoms with van der Waals surface area (Å²) in [5.74, 6) is 0. The van der Waals surface area contributed by atoms with Crippen molar-refractivity contribution < 1.29 is 0 Å². The van der Waals surface area contributed by atoms with Crippen molar-refractivity contribution in [3.63, 3.8) is 0 Å². The largest absolute Gasteiger partial charge is 0.332 e. The molecule has 0 rings (SSSR count). The lowest BCUT2D eigenvalue weighted by molar-refractivity contribution is 0.425. The SMILES string of the molecule is CCCCN(CCCC)[SiH2][SiH](C)C. The number of nitrogens with zero attached hydrogens (tertiary/aromatic N) is 1. The van der Waals surface area contributed by atoms with Crippen LogP contribution in [0.15, 0.2) is 0 Å². The van der Waals surface area contributed by atoms with Crippen LogP contribution in [-0.4, -0.2) is 35.2 Å². The highest BCUT2D eigenvalue weighted by Crippen LogP contribution is 1.98. The van der Waals surface area contributed by atoms with E-state index in [1.165, 1.54) is 38.8 Å². The van der Waals surface area contributed by atoms with Crippen molar-refractivity contribution in [3.05, 3.63) is 0 Å². The molecular formula is C10H27NSi2. The Balaban J connectivity index is 3.60. The van der Waals surface area contributed by atoms with Gasteiger partial charge in [-0.05, 0) is 25.9 Å². The fraction of sp³-hybridized carbons (Fsp3) is 1.00. The van der Waals surface area contributed by atoms with Crippen molar-refractivity contribution in [1.82, 2.24) is 4.57 Å². The quantitative estimate of drug-likeness (QED) is 0.562. The molecule has 0 fully saturated rings. The Kier molecular flexibility index (Phi) is 9.24. The Morgan fingerprint density at radius 1 is 1.00 bits per heavy atom. The summed E-state index contributed by atoms with van der Waals surface area (Å²) in [5.41, 5.74) is 0. The van der Waals surface area contributed by atoms with Gasteiger partial charge in [-0.1, -0.05) is 39.8 Å². The molecule has 13 heavy (non-hydrogen) atoms. The molecule has 1 nitrogen and oxygen atoms in total. The summed E-state index contributed by atoms with van der Waals surface area (Å²) in [4.78, 5) is 0. The molecule has 0 spiro atoms. The summed E-state index contributed by atoms with van der Waals surface area (Å²) in [5, 5.41) is 0. The zero-order valence-corrected chi connectivity index (χ0v) is 12.5. The van der Waals surface area contributed by atoms with Crippen LogP contribution in [0.4, 0.5) is 0 Å². The molecule has 0 atom stereocenters. The molecule has 0 N–H and O–H groups in total. The van der Waals surface area contributed by atoms with Gasteiger partial charge in [0.1, 0.15) is 0 Å². The second-order valence-electron chi connectivity index (χ2n) is 4.40. The molecule has 0 bridgehead atoms. The van der Waals surface area contributed by atoms with Crippen LogP contribution in [0.5, 0.6) is 0 Å². The molecule has 80 valence electrons. The van der Waals surface area contributed by atoms with Gasteiger partial charge in [0, 0.05) is 8.31 Å². The molecule has 0 heterocycles. The Morgan fingerprint density at radius 3 is 1.77 bits per heavy atom. The molecule has 0 amide bonds. The Morgan fingerprint density at radius 2 is 1.46 bits per heavy atom. The van der Waals surface area contributed by atoms with Crippen molar-refractivity contribution in [1.29, 1.82) is 0 Å². The molecular weight excluding hydrogens is 190 g/mol. The zero-order chi connectivity index (χ0) is 10.1. The summed E-state index contributed by atoms with van der Waals surface area (Å²) in [6, 6.07) is 0. The van der Waals surface area contributed by atoms with E-state index in [0.29, 0.717) is 0 Å². The summed E-state index contributed by atoms with van der Waals surface area (Å²) in [6.45, 7) is 12.4. The zero-order valence-electron chi connectivity index (χ0n) is 9.97. The number of hydrogen-bond donors (Lipinski definition) is 0. The third-order valence-corrected chi connectivity index (χ3v) is 7.90. The van der Waals surface area contributed by atoms with E-state index in [4.69, 9.17) is 0 Å². The maximum atomic E-state index is 2.82. The number of rotatable bonds is 8. The topological polar surface area (TPSA) is 3.24 Å². The van der Waals surface area contributed by atoms with Crippen LogP contribution in [0.1, 0.15) is 39.5 Å². The third-order valence-electron chi connectivity index (χ3n) is 2.28. The van der Waals surface area contributed by atoms with E-state index in [-0.39, 0.29) is 17.5 Å². The summed E-state index contributed by atoms with van der Waals surface area (Å²) in [7, 11) is -0.0572. The minimum absolute atomic E-state index is 0.192. The molecule has 0 aromatic carbocycles. The van der Waals surface area contributed by atoms with Crippen molar-refractivity contribution in [3.8, 4) is 0 Å². The monoisotopic (exact) mass is 217 g/mol. The maximum absolute atomic E-state index is 2.82. The first kappa shape index (κ1) is 13.4. The van der Waals surface area contributed by atoms with Gasteiger partial charge in [-0.15, -0.1) is 0 Å². The molecule has 0 aliphatic carbocycles. The fourth-order valence-electron chi connectivity index (χ4n) is 1.57. The van der Waals surface area contributed by atoms with Gasteiger partial charge in [0.05, 0.1) is 9.20 Å². The molecule has 0 aromatic heterocycles. The van der Waals surface area contributed by atoms with Gasteiger partial charge in [0.25, 0.3) is 0 Å². The van der Waals surface area contributed by atoms with E-state index in [1.54, 1.807) is 0 Å². The average Bonchev–Trinajstić information content (AvgIpc) is 2.09. The van der Waals surface area contributed by atoms with Gasteiger partial charge in [-0.2, -0.15) is 0 Å². The van der Waals surface area contributed by atoms with Gasteiger partial charge in [-0.25, -0.2) is 0 Å². The first-order chi connectivity index (χ1) is 6.20. The first-order valence-electron chi connectivity index (χ1n) is 5.93. The van der Waals surface area contributed by atoms with Crippen LogP contribution in [0, 0.1) is 0 Å². The first-order valence-corrected chi connectivity index (χ1v) is 12.1.